The predicted molar refractivity (Wildman–Crippen MR) is 93.2 cm³/mol. The Morgan fingerprint density at radius 1 is 1.48 bits per heavy atom. The number of carbonyl (C=O) groups is 2. The summed E-state index contributed by atoms with van der Waals surface area (Å²) in [6.45, 7) is 2.11. The van der Waals surface area contributed by atoms with E-state index in [4.69, 9.17) is 4.74 Å². The van der Waals surface area contributed by atoms with Crippen LogP contribution in [0.3, 0.4) is 0 Å². The van der Waals surface area contributed by atoms with E-state index in [0.717, 1.165) is 29.4 Å². The minimum atomic E-state index is -0.153. The number of methoxy groups -OCH3 is 1. The molecule has 0 aromatic heterocycles. The molecule has 0 saturated carbocycles. The Morgan fingerprint density at radius 3 is 3.00 bits per heavy atom. The van der Waals surface area contributed by atoms with Gasteiger partial charge in [0.2, 0.25) is 11.8 Å². The van der Waals surface area contributed by atoms with Crippen molar-refractivity contribution in [2.45, 2.75) is 19.3 Å². The molecular formula is C17H21BrN2O3. The van der Waals surface area contributed by atoms with Crippen molar-refractivity contribution in [3.05, 3.63) is 34.3 Å². The Kier molecular flexibility index (Phi) is 6.65. The van der Waals surface area contributed by atoms with Crippen molar-refractivity contribution in [3.63, 3.8) is 0 Å². The molecule has 23 heavy (non-hydrogen) atoms. The minimum absolute atomic E-state index is 0.153. The van der Waals surface area contributed by atoms with Crippen LogP contribution in [0.1, 0.15) is 24.8 Å². The zero-order chi connectivity index (χ0) is 16.7. The maximum atomic E-state index is 11.8. The SMILES string of the molecule is COc1ccc(Br)cc1/C=C/C(=O)NCCCN1CCCC1=O. The number of hydrogen-bond donors (Lipinski definition) is 1. The lowest BCUT2D eigenvalue weighted by atomic mass is 10.2. The molecule has 1 N–H and O–H groups in total. The van der Waals surface area contributed by atoms with Gasteiger partial charge in [0, 0.05) is 42.2 Å². The number of halogens is 1. The maximum absolute atomic E-state index is 11.8. The van der Waals surface area contributed by atoms with Crippen molar-refractivity contribution in [1.29, 1.82) is 0 Å². The second-order valence-corrected chi connectivity index (χ2v) is 6.26. The van der Waals surface area contributed by atoms with Gasteiger partial charge in [0.05, 0.1) is 7.11 Å². The number of hydrogen-bond acceptors (Lipinski definition) is 3. The van der Waals surface area contributed by atoms with Crippen LogP contribution in [0.5, 0.6) is 5.75 Å². The third-order valence-corrected chi connectivity index (χ3v) is 4.17. The van der Waals surface area contributed by atoms with Crippen LogP contribution >= 0.6 is 15.9 Å². The van der Waals surface area contributed by atoms with E-state index in [-0.39, 0.29) is 11.8 Å². The minimum Gasteiger partial charge on any atom is -0.496 e. The molecule has 1 saturated heterocycles. The van der Waals surface area contributed by atoms with E-state index in [2.05, 4.69) is 21.2 Å². The second-order valence-electron chi connectivity index (χ2n) is 5.35. The normalized spacial score (nSPS) is 14.5. The van der Waals surface area contributed by atoms with Crippen LogP contribution in [0.15, 0.2) is 28.7 Å². The van der Waals surface area contributed by atoms with Gasteiger partial charge in [-0.05, 0) is 37.1 Å². The molecule has 0 aliphatic carbocycles. The highest BCUT2D eigenvalue weighted by Crippen LogP contribution is 2.23. The Labute approximate surface area is 144 Å². The lowest BCUT2D eigenvalue weighted by Gasteiger charge is -2.14. The second kappa shape index (κ2) is 8.72. The van der Waals surface area contributed by atoms with E-state index < -0.39 is 0 Å². The topological polar surface area (TPSA) is 58.6 Å². The Bertz CT molecular complexity index is 602. The number of rotatable bonds is 7. The summed E-state index contributed by atoms with van der Waals surface area (Å²) in [7, 11) is 1.60. The highest BCUT2D eigenvalue weighted by molar-refractivity contribution is 9.10. The van der Waals surface area contributed by atoms with Crippen LogP contribution in [0, 0.1) is 0 Å². The first kappa shape index (κ1) is 17.5. The number of nitrogens with one attached hydrogen (secondary N) is 1. The Balaban J connectivity index is 1.76. The number of benzene rings is 1. The summed E-state index contributed by atoms with van der Waals surface area (Å²) in [5.74, 6) is 0.780. The van der Waals surface area contributed by atoms with Crippen LogP contribution < -0.4 is 10.1 Å². The Hall–Kier alpha value is -1.82. The fourth-order valence-electron chi connectivity index (χ4n) is 2.48. The predicted octanol–water partition coefficient (Wildman–Crippen LogP) is 2.60. The van der Waals surface area contributed by atoms with Crippen molar-refractivity contribution in [2.24, 2.45) is 0 Å². The van der Waals surface area contributed by atoms with E-state index in [9.17, 15) is 9.59 Å². The van der Waals surface area contributed by atoms with Crippen molar-refractivity contribution < 1.29 is 14.3 Å². The molecule has 1 heterocycles. The number of nitrogens with zero attached hydrogens (tertiary/aromatic N) is 1. The summed E-state index contributed by atoms with van der Waals surface area (Å²) < 4.78 is 6.18. The molecule has 6 heteroatoms. The molecule has 124 valence electrons. The van der Waals surface area contributed by atoms with Gasteiger partial charge in [-0.1, -0.05) is 15.9 Å². The standard InChI is InChI=1S/C17H21BrN2O3/c1-23-15-7-6-14(18)12-13(15)5-8-16(21)19-9-3-11-20-10-2-4-17(20)22/h5-8,12H,2-4,9-11H2,1H3,(H,19,21)/b8-5+. The van der Waals surface area contributed by atoms with E-state index in [0.29, 0.717) is 25.3 Å². The van der Waals surface area contributed by atoms with E-state index in [1.807, 2.05) is 23.1 Å². The van der Waals surface area contributed by atoms with Crippen molar-refractivity contribution in [3.8, 4) is 5.75 Å². The monoisotopic (exact) mass is 380 g/mol. The van der Waals surface area contributed by atoms with Gasteiger partial charge >= 0.3 is 0 Å². The van der Waals surface area contributed by atoms with Crippen molar-refractivity contribution in [1.82, 2.24) is 10.2 Å². The number of amides is 2. The van der Waals surface area contributed by atoms with Crippen molar-refractivity contribution in [2.75, 3.05) is 26.7 Å². The fourth-order valence-corrected chi connectivity index (χ4v) is 2.86. The average Bonchev–Trinajstić information content (AvgIpc) is 2.95. The molecule has 0 radical (unpaired) electrons. The first-order chi connectivity index (χ1) is 11.1. The van der Waals surface area contributed by atoms with Crippen molar-refractivity contribution >= 4 is 33.8 Å². The molecule has 1 aromatic rings. The average molecular weight is 381 g/mol. The molecule has 0 bridgehead atoms. The van der Waals surface area contributed by atoms with Gasteiger partial charge in [0.25, 0.3) is 0 Å². The van der Waals surface area contributed by atoms with Gasteiger partial charge in [-0.3, -0.25) is 9.59 Å². The zero-order valence-electron chi connectivity index (χ0n) is 13.2. The molecule has 1 fully saturated rings. The number of likely N-dealkylation sites (tertiary alicyclic amines) is 1. The molecular weight excluding hydrogens is 360 g/mol. The van der Waals surface area contributed by atoms with Crippen LogP contribution in [-0.4, -0.2) is 43.5 Å². The summed E-state index contributed by atoms with van der Waals surface area (Å²) in [6.07, 6.45) is 5.59. The summed E-state index contributed by atoms with van der Waals surface area (Å²) in [5, 5.41) is 2.83. The molecule has 1 aliphatic heterocycles. The molecule has 0 atom stereocenters. The zero-order valence-corrected chi connectivity index (χ0v) is 14.8. The largest absolute Gasteiger partial charge is 0.496 e. The van der Waals surface area contributed by atoms with Crippen LogP contribution in [0.4, 0.5) is 0 Å². The Morgan fingerprint density at radius 2 is 2.30 bits per heavy atom. The summed E-state index contributed by atoms with van der Waals surface area (Å²) in [4.78, 5) is 25.1. The summed E-state index contributed by atoms with van der Waals surface area (Å²) >= 11 is 3.40. The van der Waals surface area contributed by atoms with E-state index in [1.165, 1.54) is 6.08 Å². The molecule has 0 unspecified atom stereocenters. The maximum Gasteiger partial charge on any atom is 0.244 e. The lowest BCUT2D eigenvalue weighted by Crippen LogP contribution is -2.29. The molecule has 1 aliphatic rings. The van der Waals surface area contributed by atoms with Gasteiger partial charge in [0.15, 0.2) is 0 Å². The highest BCUT2D eigenvalue weighted by atomic mass is 79.9. The first-order valence-corrected chi connectivity index (χ1v) is 8.46. The fraction of sp³-hybridized carbons (Fsp3) is 0.412. The number of carbonyl (C=O) groups excluding carboxylic acids is 2. The van der Waals surface area contributed by atoms with E-state index >= 15 is 0 Å². The van der Waals surface area contributed by atoms with Gasteiger partial charge < -0.3 is 15.0 Å². The number of ether oxygens (including phenoxy) is 1. The van der Waals surface area contributed by atoms with Gasteiger partial charge in [-0.25, -0.2) is 0 Å². The smallest absolute Gasteiger partial charge is 0.244 e. The molecule has 2 rings (SSSR count). The van der Waals surface area contributed by atoms with Gasteiger partial charge in [-0.15, -0.1) is 0 Å². The first-order valence-electron chi connectivity index (χ1n) is 7.67. The summed E-state index contributed by atoms with van der Waals surface area (Å²) in [6, 6.07) is 5.62. The molecule has 2 amide bonds. The quantitative estimate of drug-likeness (QED) is 0.584. The van der Waals surface area contributed by atoms with Gasteiger partial charge in [-0.2, -0.15) is 0 Å². The third-order valence-electron chi connectivity index (χ3n) is 3.68. The summed E-state index contributed by atoms with van der Waals surface area (Å²) in [5.41, 5.74) is 0.833. The lowest BCUT2D eigenvalue weighted by molar-refractivity contribution is -0.127. The van der Waals surface area contributed by atoms with Gasteiger partial charge in [0.1, 0.15) is 5.75 Å². The van der Waals surface area contributed by atoms with Crippen LogP contribution in [0.25, 0.3) is 6.08 Å². The molecule has 5 nitrogen and oxygen atoms in total. The highest BCUT2D eigenvalue weighted by Gasteiger charge is 2.18. The molecule has 1 aromatic carbocycles. The van der Waals surface area contributed by atoms with E-state index in [1.54, 1.807) is 13.2 Å². The molecule has 0 spiro atoms. The van der Waals surface area contributed by atoms with Crippen LogP contribution in [0.2, 0.25) is 0 Å². The third kappa shape index (κ3) is 5.39. The van der Waals surface area contributed by atoms with Crippen LogP contribution in [-0.2, 0) is 9.59 Å².